The molecule has 0 aromatic heterocycles. The third kappa shape index (κ3) is 3.81. The van der Waals surface area contributed by atoms with E-state index in [9.17, 15) is 0 Å². The molecule has 1 heterocycles. The Morgan fingerprint density at radius 2 is 1.95 bits per heavy atom. The number of ether oxygens (including phenoxy) is 2. The van der Waals surface area contributed by atoms with Crippen LogP contribution in [-0.2, 0) is 16.0 Å². The maximum atomic E-state index is 5.46. The Labute approximate surface area is 120 Å². The quantitative estimate of drug-likeness (QED) is 0.827. The number of benzene rings is 1. The van der Waals surface area contributed by atoms with Crippen LogP contribution >= 0.6 is 0 Å². The first-order chi connectivity index (χ1) is 9.76. The van der Waals surface area contributed by atoms with Gasteiger partial charge in [0.25, 0.3) is 0 Å². The lowest BCUT2D eigenvalue weighted by Crippen LogP contribution is -2.27. The fourth-order valence-corrected chi connectivity index (χ4v) is 2.56. The molecular formula is C16H22N2O2. The average molecular weight is 274 g/mol. The van der Waals surface area contributed by atoms with Crippen molar-refractivity contribution in [2.24, 2.45) is 5.73 Å². The Kier molecular flexibility index (Phi) is 5.57. The molecule has 0 amide bonds. The number of hydrogen-bond donors (Lipinski definition) is 1. The number of likely N-dealkylation sites (tertiary alicyclic amines) is 1. The summed E-state index contributed by atoms with van der Waals surface area (Å²) in [5.41, 5.74) is 7.66. The van der Waals surface area contributed by atoms with Gasteiger partial charge >= 0.3 is 0 Å². The molecule has 1 aliphatic rings. The molecule has 0 saturated carbocycles. The summed E-state index contributed by atoms with van der Waals surface area (Å²) in [6, 6.07) is 8.28. The zero-order chi connectivity index (χ0) is 14.4. The van der Waals surface area contributed by atoms with Crippen LogP contribution in [0.3, 0.4) is 0 Å². The van der Waals surface area contributed by atoms with E-state index in [1.54, 1.807) is 14.2 Å². The van der Waals surface area contributed by atoms with Crippen LogP contribution in [0.25, 0.3) is 0 Å². The van der Waals surface area contributed by atoms with Crippen molar-refractivity contribution in [1.29, 1.82) is 0 Å². The van der Waals surface area contributed by atoms with Gasteiger partial charge in [0, 0.05) is 39.4 Å². The molecule has 20 heavy (non-hydrogen) atoms. The molecule has 2 atom stereocenters. The second kappa shape index (κ2) is 7.41. The molecule has 0 aliphatic carbocycles. The molecular weight excluding hydrogens is 252 g/mol. The number of rotatable bonds is 4. The van der Waals surface area contributed by atoms with Crippen molar-refractivity contribution in [2.75, 3.05) is 33.9 Å². The van der Waals surface area contributed by atoms with Gasteiger partial charge in [-0.25, -0.2) is 0 Å². The molecule has 4 nitrogen and oxygen atoms in total. The molecule has 0 spiro atoms. The average Bonchev–Trinajstić information content (AvgIpc) is 2.87. The largest absolute Gasteiger partial charge is 0.377 e. The van der Waals surface area contributed by atoms with Crippen molar-refractivity contribution in [1.82, 2.24) is 4.90 Å². The van der Waals surface area contributed by atoms with Crippen molar-refractivity contribution < 1.29 is 9.47 Å². The highest BCUT2D eigenvalue weighted by Gasteiger charge is 2.32. The van der Waals surface area contributed by atoms with Gasteiger partial charge in [0.05, 0.1) is 18.8 Å². The maximum absolute atomic E-state index is 5.46. The van der Waals surface area contributed by atoms with Crippen LogP contribution in [0.4, 0.5) is 0 Å². The summed E-state index contributed by atoms with van der Waals surface area (Å²) in [4.78, 5) is 2.35. The molecule has 2 rings (SSSR count). The van der Waals surface area contributed by atoms with Gasteiger partial charge in [-0.2, -0.15) is 0 Å². The van der Waals surface area contributed by atoms with Crippen LogP contribution in [0, 0.1) is 11.8 Å². The SMILES string of the molecule is COC1CN(Cc2cccc(C#CCN)c2)CC1OC. The van der Waals surface area contributed by atoms with Crippen LogP contribution in [0.5, 0.6) is 0 Å². The van der Waals surface area contributed by atoms with Gasteiger partial charge in [0.1, 0.15) is 0 Å². The minimum atomic E-state index is 0.153. The highest BCUT2D eigenvalue weighted by atomic mass is 16.5. The summed E-state index contributed by atoms with van der Waals surface area (Å²) in [5, 5.41) is 0. The zero-order valence-corrected chi connectivity index (χ0v) is 12.1. The van der Waals surface area contributed by atoms with E-state index < -0.39 is 0 Å². The van der Waals surface area contributed by atoms with Crippen LogP contribution in [0.15, 0.2) is 24.3 Å². The van der Waals surface area contributed by atoms with E-state index >= 15 is 0 Å². The Morgan fingerprint density at radius 1 is 1.25 bits per heavy atom. The van der Waals surface area contributed by atoms with Crippen molar-refractivity contribution >= 4 is 0 Å². The lowest BCUT2D eigenvalue weighted by molar-refractivity contribution is -0.00461. The molecule has 2 unspecified atom stereocenters. The van der Waals surface area contributed by atoms with Crippen LogP contribution in [0.2, 0.25) is 0 Å². The first-order valence-corrected chi connectivity index (χ1v) is 6.82. The fraction of sp³-hybridized carbons (Fsp3) is 0.500. The van der Waals surface area contributed by atoms with Crippen LogP contribution < -0.4 is 5.73 Å². The zero-order valence-electron chi connectivity index (χ0n) is 12.1. The first-order valence-electron chi connectivity index (χ1n) is 6.82. The predicted molar refractivity (Wildman–Crippen MR) is 79.2 cm³/mol. The summed E-state index contributed by atoms with van der Waals surface area (Å²) in [6.45, 7) is 3.07. The predicted octanol–water partition coefficient (Wildman–Crippen LogP) is 0.842. The van der Waals surface area contributed by atoms with Gasteiger partial charge in [-0.1, -0.05) is 24.0 Å². The van der Waals surface area contributed by atoms with Crippen molar-refractivity contribution in [2.45, 2.75) is 18.8 Å². The van der Waals surface area contributed by atoms with E-state index in [-0.39, 0.29) is 12.2 Å². The summed E-state index contributed by atoms with van der Waals surface area (Å²) < 4.78 is 10.9. The third-order valence-electron chi connectivity index (χ3n) is 3.56. The summed E-state index contributed by atoms with van der Waals surface area (Å²) in [5.74, 6) is 5.95. The van der Waals surface area contributed by atoms with E-state index in [2.05, 4.69) is 28.9 Å². The number of hydrogen-bond acceptors (Lipinski definition) is 4. The molecule has 1 aromatic rings. The number of nitrogens with two attached hydrogens (primary N) is 1. The molecule has 1 fully saturated rings. The van der Waals surface area contributed by atoms with Gasteiger partial charge < -0.3 is 15.2 Å². The number of nitrogens with zero attached hydrogens (tertiary/aromatic N) is 1. The molecule has 0 bridgehead atoms. The summed E-state index contributed by atoms with van der Waals surface area (Å²) in [6.07, 6.45) is 0.306. The second-order valence-corrected chi connectivity index (χ2v) is 4.95. The van der Waals surface area contributed by atoms with Crippen LogP contribution in [0.1, 0.15) is 11.1 Å². The topological polar surface area (TPSA) is 47.7 Å². The molecule has 1 saturated heterocycles. The minimum absolute atomic E-state index is 0.153. The minimum Gasteiger partial charge on any atom is -0.377 e. The fourth-order valence-electron chi connectivity index (χ4n) is 2.56. The Balaban J connectivity index is 2.00. The van der Waals surface area contributed by atoms with E-state index in [0.29, 0.717) is 6.54 Å². The molecule has 4 heteroatoms. The third-order valence-corrected chi connectivity index (χ3v) is 3.56. The van der Waals surface area contributed by atoms with Crippen molar-refractivity contribution in [3.63, 3.8) is 0 Å². The normalized spacial score (nSPS) is 22.6. The number of methoxy groups -OCH3 is 2. The van der Waals surface area contributed by atoms with Gasteiger partial charge in [0.2, 0.25) is 0 Å². The highest BCUT2D eigenvalue weighted by Crippen LogP contribution is 2.18. The highest BCUT2D eigenvalue weighted by molar-refractivity contribution is 5.37. The second-order valence-electron chi connectivity index (χ2n) is 4.95. The lowest BCUT2D eigenvalue weighted by Gasteiger charge is -2.15. The smallest absolute Gasteiger partial charge is 0.0971 e. The monoisotopic (exact) mass is 274 g/mol. The summed E-state index contributed by atoms with van der Waals surface area (Å²) >= 11 is 0. The van der Waals surface area contributed by atoms with Crippen LogP contribution in [-0.4, -0.2) is 51.0 Å². The van der Waals surface area contributed by atoms with E-state index in [1.807, 2.05) is 12.1 Å². The van der Waals surface area contributed by atoms with E-state index in [4.69, 9.17) is 15.2 Å². The molecule has 2 N–H and O–H groups in total. The lowest BCUT2D eigenvalue weighted by atomic mass is 10.1. The van der Waals surface area contributed by atoms with E-state index in [1.165, 1.54) is 5.56 Å². The summed E-state index contributed by atoms with van der Waals surface area (Å²) in [7, 11) is 3.48. The molecule has 1 aliphatic heterocycles. The molecule has 0 radical (unpaired) electrons. The molecule has 1 aromatic carbocycles. The standard InChI is InChI=1S/C16H22N2O2/c1-19-15-11-18(12-16(15)20-2)10-14-6-3-5-13(9-14)7-4-8-17/h3,5-6,9,15-16H,8,10-12,17H2,1-2H3. The maximum Gasteiger partial charge on any atom is 0.0971 e. The van der Waals surface area contributed by atoms with Gasteiger partial charge in [0.15, 0.2) is 0 Å². The van der Waals surface area contributed by atoms with E-state index in [0.717, 1.165) is 25.2 Å². The van der Waals surface area contributed by atoms with Gasteiger partial charge in [-0.05, 0) is 17.7 Å². The van der Waals surface area contributed by atoms with Gasteiger partial charge in [-0.15, -0.1) is 0 Å². The molecule has 108 valence electrons. The van der Waals surface area contributed by atoms with Crippen molar-refractivity contribution in [3.05, 3.63) is 35.4 Å². The van der Waals surface area contributed by atoms with Gasteiger partial charge in [-0.3, -0.25) is 4.90 Å². The Bertz CT molecular complexity index is 481. The van der Waals surface area contributed by atoms with Crippen molar-refractivity contribution in [3.8, 4) is 11.8 Å². The first kappa shape index (κ1) is 15.0. The Morgan fingerprint density at radius 3 is 2.55 bits per heavy atom. The Hall–Kier alpha value is -1.38.